The highest BCUT2D eigenvalue weighted by molar-refractivity contribution is 6.21. The summed E-state index contributed by atoms with van der Waals surface area (Å²) >= 11 is 0. The van der Waals surface area contributed by atoms with E-state index < -0.39 is 0 Å². The zero-order valence-corrected chi connectivity index (χ0v) is 13.3. The fourth-order valence-corrected chi connectivity index (χ4v) is 3.86. The topological polar surface area (TPSA) is 32.3 Å². The van der Waals surface area contributed by atoms with Gasteiger partial charge in [-0.2, -0.15) is 0 Å². The second kappa shape index (κ2) is 5.24. The third kappa shape index (κ3) is 2.38. The summed E-state index contributed by atoms with van der Waals surface area (Å²) in [5.74, 6) is 0.841. The van der Waals surface area contributed by atoms with E-state index in [2.05, 4.69) is 47.6 Å². The zero-order valence-electron chi connectivity index (χ0n) is 13.3. The van der Waals surface area contributed by atoms with Crippen LogP contribution in [-0.4, -0.2) is 37.5 Å². The first kappa shape index (κ1) is 14.0. The molecule has 3 aliphatic rings. The van der Waals surface area contributed by atoms with Crippen LogP contribution in [0, 0.1) is 5.92 Å². The lowest BCUT2D eigenvalue weighted by Gasteiger charge is -2.37. The number of benzene rings is 1. The fraction of sp³-hybridized carbons (Fsp3) is 0.526. The molecule has 0 aromatic heterocycles. The van der Waals surface area contributed by atoms with Crippen molar-refractivity contribution >= 4 is 11.5 Å². The van der Waals surface area contributed by atoms with Gasteiger partial charge >= 0.3 is 0 Å². The Kier molecular flexibility index (Phi) is 3.33. The fourth-order valence-electron chi connectivity index (χ4n) is 3.86. The molecule has 0 unspecified atom stereocenters. The second-order valence-corrected chi connectivity index (χ2v) is 7.22. The molecule has 1 N–H and O–H groups in total. The van der Waals surface area contributed by atoms with E-state index in [-0.39, 0.29) is 11.3 Å². The minimum Gasteiger partial charge on any atom is -0.352 e. The maximum absolute atomic E-state index is 12.6. The van der Waals surface area contributed by atoms with E-state index >= 15 is 0 Å². The molecular weight excluding hydrogens is 272 g/mol. The Morgan fingerprint density at radius 3 is 2.73 bits per heavy atom. The van der Waals surface area contributed by atoms with E-state index in [1.165, 1.54) is 18.4 Å². The van der Waals surface area contributed by atoms with Gasteiger partial charge in [-0.05, 0) is 62.9 Å². The molecule has 2 fully saturated rings. The molecule has 2 aliphatic carbocycles. The first-order chi connectivity index (χ1) is 10.7. The Balaban J connectivity index is 1.64. The van der Waals surface area contributed by atoms with Crippen molar-refractivity contribution in [3.05, 3.63) is 41.5 Å². The number of nitrogens with one attached hydrogen (secondary N) is 1. The van der Waals surface area contributed by atoms with E-state index in [0.717, 1.165) is 49.5 Å². The number of amides is 1. The van der Waals surface area contributed by atoms with Gasteiger partial charge in [0.05, 0.1) is 0 Å². The molecule has 0 radical (unpaired) electrons. The molecule has 1 amide bonds. The molecule has 1 spiro atoms. The lowest BCUT2D eigenvalue weighted by Crippen LogP contribution is -2.38. The van der Waals surface area contributed by atoms with Gasteiger partial charge in [-0.25, -0.2) is 0 Å². The smallest absolute Gasteiger partial charge is 0.251 e. The number of carbonyl (C=O) groups is 1. The predicted octanol–water partition coefficient (Wildman–Crippen LogP) is 2.57. The van der Waals surface area contributed by atoms with E-state index in [1.54, 1.807) is 0 Å². The van der Waals surface area contributed by atoms with Crippen molar-refractivity contribution in [3.63, 3.8) is 0 Å². The average Bonchev–Trinajstić information content (AvgIpc) is 3.32. The van der Waals surface area contributed by atoms with Crippen LogP contribution in [-0.2, 0) is 10.2 Å². The van der Waals surface area contributed by atoms with Crippen molar-refractivity contribution in [2.45, 2.75) is 31.1 Å². The highest BCUT2D eigenvalue weighted by Gasteiger charge is 2.41. The van der Waals surface area contributed by atoms with E-state index in [1.807, 2.05) is 0 Å². The van der Waals surface area contributed by atoms with Crippen molar-refractivity contribution in [3.8, 4) is 0 Å². The zero-order chi connectivity index (χ0) is 15.2. The number of hydrogen-bond donors (Lipinski definition) is 1. The number of nitrogens with zero attached hydrogens (tertiary/aromatic N) is 1. The first-order valence-corrected chi connectivity index (χ1v) is 8.47. The van der Waals surface area contributed by atoms with Gasteiger partial charge in [0.1, 0.15) is 0 Å². The molecule has 1 aromatic carbocycles. The molecule has 0 atom stereocenters. The Morgan fingerprint density at radius 1 is 1.27 bits per heavy atom. The number of likely N-dealkylation sites (tertiary alicyclic amines) is 1. The Labute approximate surface area is 132 Å². The lowest BCUT2D eigenvalue weighted by atomic mass is 9.75. The monoisotopic (exact) mass is 296 g/mol. The number of allylic oxidation sites excluding steroid dienone is 1. The van der Waals surface area contributed by atoms with Gasteiger partial charge in [0, 0.05) is 17.5 Å². The molecule has 4 rings (SSSR count). The largest absolute Gasteiger partial charge is 0.352 e. The van der Waals surface area contributed by atoms with E-state index in [0.29, 0.717) is 0 Å². The van der Waals surface area contributed by atoms with Crippen molar-refractivity contribution in [2.24, 2.45) is 5.92 Å². The van der Waals surface area contributed by atoms with Crippen molar-refractivity contribution < 1.29 is 4.79 Å². The van der Waals surface area contributed by atoms with Gasteiger partial charge in [0.15, 0.2) is 0 Å². The molecule has 3 heteroatoms. The summed E-state index contributed by atoms with van der Waals surface area (Å²) in [6, 6.07) is 8.50. The van der Waals surface area contributed by atoms with Gasteiger partial charge in [-0.3, -0.25) is 4.79 Å². The third-order valence-corrected chi connectivity index (χ3v) is 5.55. The summed E-state index contributed by atoms with van der Waals surface area (Å²) in [5, 5.41) is 3.14. The van der Waals surface area contributed by atoms with Crippen LogP contribution in [0.2, 0.25) is 0 Å². The summed E-state index contributed by atoms with van der Waals surface area (Å²) in [6.07, 6.45) is 7.03. The summed E-state index contributed by atoms with van der Waals surface area (Å²) in [6.45, 7) is 3.04. The van der Waals surface area contributed by atoms with Crippen molar-refractivity contribution in [1.29, 1.82) is 0 Å². The molecule has 1 heterocycles. The summed E-state index contributed by atoms with van der Waals surface area (Å²) in [5.41, 5.74) is 3.50. The van der Waals surface area contributed by atoms with Crippen LogP contribution in [0.25, 0.3) is 5.57 Å². The van der Waals surface area contributed by atoms with Gasteiger partial charge in [-0.15, -0.1) is 0 Å². The second-order valence-electron chi connectivity index (χ2n) is 7.22. The molecule has 3 nitrogen and oxygen atoms in total. The van der Waals surface area contributed by atoms with Gasteiger partial charge in [-0.1, -0.05) is 30.3 Å². The van der Waals surface area contributed by atoms with Crippen LogP contribution in [0.3, 0.4) is 0 Å². The number of rotatable bonds is 3. The number of carbonyl (C=O) groups excluding carboxylic acids is 1. The molecular formula is C19H24N2O. The van der Waals surface area contributed by atoms with Gasteiger partial charge in [0.25, 0.3) is 5.91 Å². The Hall–Kier alpha value is -1.61. The quantitative estimate of drug-likeness (QED) is 0.930. The van der Waals surface area contributed by atoms with Gasteiger partial charge in [0.2, 0.25) is 0 Å². The van der Waals surface area contributed by atoms with Crippen molar-refractivity contribution in [1.82, 2.24) is 10.2 Å². The minimum atomic E-state index is 0.0787. The first-order valence-electron chi connectivity index (χ1n) is 8.47. The highest BCUT2D eigenvalue weighted by atomic mass is 16.1. The molecule has 1 aromatic rings. The molecule has 1 aliphatic heterocycles. The SMILES string of the molecule is CN1CCC2(C=C(C(=O)NCC3CC3)c3ccccc32)CC1. The Bertz CT molecular complexity index is 622. The molecule has 0 bridgehead atoms. The average molecular weight is 296 g/mol. The maximum atomic E-state index is 12.6. The third-order valence-electron chi connectivity index (χ3n) is 5.55. The highest BCUT2D eigenvalue weighted by Crippen LogP contribution is 2.46. The van der Waals surface area contributed by atoms with E-state index in [9.17, 15) is 4.79 Å². The normalized spacial score (nSPS) is 23.2. The standard InChI is InChI=1S/C19H24N2O/c1-21-10-8-19(9-11-21)12-16(15-4-2-3-5-17(15)19)18(22)20-13-14-6-7-14/h2-5,12,14H,6-11,13H2,1H3,(H,20,22). The van der Waals surface area contributed by atoms with Crippen LogP contribution in [0.15, 0.2) is 30.3 Å². The lowest BCUT2D eigenvalue weighted by molar-refractivity contribution is -0.115. The minimum absolute atomic E-state index is 0.0787. The summed E-state index contributed by atoms with van der Waals surface area (Å²) < 4.78 is 0. The molecule has 116 valence electrons. The number of fused-ring (bicyclic) bond motifs is 2. The molecule has 1 saturated heterocycles. The van der Waals surface area contributed by atoms with Crippen LogP contribution in [0.4, 0.5) is 0 Å². The van der Waals surface area contributed by atoms with Crippen LogP contribution in [0.1, 0.15) is 36.8 Å². The van der Waals surface area contributed by atoms with Crippen molar-refractivity contribution in [2.75, 3.05) is 26.7 Å². The van der Waals surface area contributed by atoms with Crippen LogP contribution in [0.5, 0.6) is 0 Å². The van der Waals surface area contributed by atoms with Crippen LogP contribution < -0.4 is 5.32 Å². The molecule has 22 heavy (non-hydrogen) atoms. The maximum Gasteiger partial charge on any atom is 0.251 e. The summed E-state index contributed by atoms with van der Waals surface area (Å²) in [7, 11) is 2.18. The predicted molar refractivity (Wildman–Crippen MR) is 88.6 cm³/mol. The van der Waals surface area contributed by atoms with Crippen LogP contribution >= 0.6 is 0 Å². The number of hydrogen-bond acceptors (Lipinski definition) is 2. The van der Waals surface area contributed by atoms with Gasteiger partial charge < -0.3 is 10.2 Å². The Morgan fingerprint density at radius 2 is 2.00 bits per heavy atom. The summed E-state index contributed by atoms with van der Waals surface area (Å²) in [4.78, 5) is 15.0. The van der Waals surface area contributed by atoms with E-state index in [4.69, 9.17) is 0 Å². The molecule has 1 saturated carbocycles. The number of piperidine rings is 1.